The lowest BCUT2D eigenvalue weighted by Crippen LogP contribution is -2.36. The summed E-state index contributed by atoms with van der Waals surface area (Å²) in [6, 6.07) is 0. The van der Waals surface area contributed by atoms with Gasteiger partial charge in [0.1, 0.15) is 11.8 Å². The average Bonchev–Trinajstić information content (AvgIpc) is 2.61. The highest BCUT2D eigenvalue weighted by atomic mass is 16.5. The van der Waals surface area contributed by atoms with E-state index in [1.807, 2.05) is 0 Å². The molecule has 1 unspecified atom stereocenters. The summed E-state index contributed by atoms with van der Waals surface area (Å²) >= 11 is 0. The normalized spacial score (nSPS) is 24.0. The third-order valence-electron chi connectivity index (χ3n) is 2.90. The van der Waals surface area contributed by atoms with Gasteiger partial charge in [-0.1, -0.05) is 6.92 Å². The van der Waals surface area contributed by atoms with E-state index in [4.69, 9.17) is 4.74 Å². The molecule has 0 aromatic carbocycles. The molecule has 0 bridgehead atoms. The van der Waals surface area contributed by atoms with Gasteiger partial charge in [-0.3, -0.25) is 14.4 Å². The van der Waals surface area contributed by atoms with E-state index >= 15 is 0 Å². The molecule has 0 amide bonds. The first-order valence-corrected chi connectivity index (χ1v) is 5.43. The maximum atomic E-state index is 11.9. The fraction of sp³-hybridized carbons (Fsp3) is 0.727. The molecule has 1 fully saturated rings. The Bertz CT molecular complexity index is 309. The first kappa shape index (κ1) is 12.7. The smallest absolute Gasteiger partial charge is 0.319 e. The number of Topliss-reactive ketones (excluding diaryl/α,β-unsaturated/α-hetero) is 1. The fourth-order valence-corrected chi connectivity index (χ4v) is 1.84. The summed E-state index contributed by atoms with van der Waals surface area (Å²) in [4.78, 5) is 34.6. The van der Waals surface area contributed by atoms with Crippen molar-refractivity contribution in [2.45, 2.75) is 33.1 Å². The van der Waals surface area contributed by atoms with Crippen LogP contribution in [0.1, 0.15) is 33.1 Å². The molecular weight excluding hydrogens is 212 g/mol. The zero-order valence-corrected chi connectivity index (χ0v) is 9.58. The monoisotopic (exact) mass is 228 g/mol. The number of hydrogen-bond donors (Lipinski definition) is 0. The summed E-state index contributed by atoms with van der Waals surface area (Å²) in [5.41, 5.74) is -1.12. The molecule has 0 aromatic rings. The van der Waals surface area contributed by atoms with Gasteiger partial charge >= 0.3 is 11.9 Å². The molecule has 0 N–H and O–H groups in total. The third kappa shape index (κ3) is 2.23. The summed E-state index contributed by atoms with van der Waals surface area (Å²) in [7, 11) is 0. The first-order valence-electron chi connectivity index (χ1n) is 5.43. The van der Waals surface area contributed by atoms with E-state index in [1.54, 1.807) is 13.8 Å². The van der Waals surface area contributed by atoms with Gasteiger partial charge in [-0.2, -0.15) is 0 Å². The van der Waals surface area contributed by atoms with Gasteiger partial charge in [0.25, 0.3) is 0 Å². The highest BCUT2D eigenvalue weighted by Gasteiger charge is 2.49. The maximum absolute atomic E-state index is 11.9. The van der Waals surface area contributed by atoms with Gasteiger partial charge in [0.05, 0.1) is 13.2 Å². The number of cyclic esters (lactones) is 1. The topological polar surface area (TPSA) is 69.7 Å². The Labute approximate surface area is 94.1 Å². The highest BCUT2D eigenvalue weighted by molar-refractivity contribution is 6.10. The summed E-state index contributed by atoms with van der Waals surface area (Å²) in [6.07, 6.45) is 0.376. The van der Waals surface area contributed by atoms with Gasteiger partial charge in [0.2, 0.25) is 0 Å². The van der Waals surface area contributed by atoms with E-state index in [1.165, 1.54) is 0 Å². The van der Waals surface area contributed by atoms with Crippen molar-refractivity contribution < 1.29 is 23.9 Å². The van der Waals surface area contributed by atoms with E-state index in [9.17, 15) is 14.4 Å². The molecule has 0 aromatic heterocycles. The van der Waals surface area contributed by atoms with E-state index < -0.39 is 23.1 Å². The number of carbonyl (C=O) groups excluding carboxylic acids is 3. The Kier molecular flexibility index (Phi) is 4.04. The Hall–Kier alpha value is -1.39. The van der Waals surface area contributed by atoms with Crippen LogP contribution in [0.15, 0.2) is 0 Å². The molecule has 1 atom stereocenters. The maximum Gasteiger partial charge on any atom is 0.319 e. The quantitative estimate of drug-likeness (QED) is 0.515. The molecule has 1 aliphatic heterocycles. The van der Waals surface area contributed by atoms with Gasteiger partial charge in [-0.15, -0.1) is 0 Å². The molecule has 1 heterocycles. The van der Waals surface area contributed by atoms with Crippen LogP contribution in [0, 0.1) is 5.41 Å². The first-order chi connectivity index (χ1) is 7.56. The van der Waals surface area contributed by atoms with E-state index in [-0.39, 0.29) is 19.6 Å². The molecule has 90 valence electrons. The summed E-state index contributed by atoms with van der Waals surface area (Å²) in [5.74, 6) is -1.49. The Morgan fingerprint density at radius 2 is 2.12 bits per heavy atom. The van der Waals surface area contributed by atoms with Crippen LogP contribution in [-0.4, -0.2) is 30.9 Å². The molecule has 0 radical (unpaired) electrons. The predicted octanol–water partition coefficient (Wildman–Crippen LogP) is 0.852. The van der Waals surface area contributed by atoms with Crippen molar-refractivity contribution in [3.63, 3.8) is 0 Å². The van der Waals surface area contributed by atoms with Crippen LogP contribution in [-0.2, 0) is 23.9 Å². The zero-order valence-electron chi connectivity index (χ0n) is 9.58. The zero-order chi connectivity index (χ0) is 12.2. The third-order valence-corrected chi connectivity index (χ3v) is 2.90. The van der Waals surface area contributed by atoms with E-state index in [2.05, 4.69) is 4.74 Å². The summed E-state index contributed by atoms with van der Waals surface area (Å²) in [5, 5.41) is 0. The van der Waals surface area contributed by atoms with Crippen LogP contribution in [0.4, 0.5) is 0 Å². The summed E-state index contributed by atoms with van der Waals surface area (Å²) < 4.78 is 9.50. The molecule has 1 rings (SSSR count). The molecule has 5 nitrogen and oxygen atoms in total. The van der Waals surface area contributed by atoms with Gasteiger partial charge in [0, 0.05) is 6.42 Å². The van der Waals surface area contributed by atoms with Gasteiger partial charge in [-0.25, -0.2) is 0 Å². The molecule has 1 aliphatic rings. The molecule has 1 saturated heterocycles. The van der Waals surface area contributed by atoms with Crippen LogP contribution in [0.2, 0.25) is 0 Å². The molecule has 5 heteroatoms. The second kappa shape index (κ2) is 5.09. The number of ether oxygens (including phenoxy) is 2. The van der Waals surface area contributed by atoms with Crippen LogP contribution < -0.4 is 0 Å². The standard InChI is InChI=1S/C11H16O5/c1-3-11(5-6-16-10(11)14)8(12)7-9(13)15-4-2/h3-7H2,1-2H3. The van der Waals surface area contributed by atoms with Gasteiger partial charge in [-0.05, 0) is 13.3 Å². The van der Waals surface area contributed by atoms with Gasteiger partial charge < -0.3 is 9.47 Å². The lowest BCUT2D eigenvalue weighted by Gasteiger charge is -2.20. The second-order valence-electron chi connectivity index (χ2n) is 3.73. The van der Waals surface area contributed by atoms with Crippen molar-refractivity contribution in [1.82, 2.24) is 0 Å². The molecule has 0 aliphatic carbocycles. The minimum atomic E-state index is -1.12. The molecular formula is C11H16O5. The van der Waals surface area contributed by atoms with Crippen molar-refractivity contribution in [1.29, 1.82) is 0 Å². The highest BCUT2D eigenvalue weighted by Crippen LogP contribution is 2.35. The van der Waals surface area contributed by atoms with Crippen LogP contribution in [0.5, 0.6) is 0 Å². The van der Waals surface area contributed by atoms with Crippen molar-refractivity contribution in [2.24, 2.45) is 5.41 Å². The van der Waals surface area contributed by atoms with Crippen LogP contribution in [0.25, 0.3) is 0 Å². The second-order valence-corrected chi connectivity index (χ2v) is 3.73. The fourth-order valence-electron chi connectivity index (χ4n) is 1.84. The van der Waals surface area contributed by atoms with Crippen LogP contribution >= 0.6 is 0 Å². The summed E-state index contributed by atoms with van der Waals surface area (Å²) in [6.45, 7) is 3.90. The van der Waals surface area contributed by atoms with Crippen molar-refractivity contribution in [3.8, 4) is 0 Å². The number of carbonyl (C=O) groups is 3. The number of rotatable bonds is 5. The SMILES string of the molecule is CCOC(=O)CC(=O)C1(CC)CCOC1=O. The Balaban J connectivity index is 2.70. The minimum Gasteiger partial charge on any atom is -0.466 e. The van der Waals surface area contributed by atoms with E-state index in [0.29, 0.717) is 12.8 Å². The molecule has 0 spiro atoms. The minimum absolute atomic E-state index is 0.232. The number of hydrogen-bond acceptors (Lipinski definition) is 5. The van der Waals surface area contributed by atoms with Crippen molar-refractivity contribution >= 4 is 17.7 Å². The number of ketones is 1. The largest absolute Gasteiger partial charge is 0.466 e. The van der Waals surface area contributed by atoms with Gasteiger partial charge in [0.15, 0.2) is 5.78 Å². The molecule has 0 saturated carbocycles. The Morgan fingerprint density at radius 3 is 2.56 bits per heavy atom. The average molecular weight is 228 g/mol. The number of esters is 2. The predicted molar refractivity (Wildman–Crippen MR) is 54.6 cm³/mol. The molecule has 16 heavy (non-hydrogen) atoms. The van der Waals surface area contributed by atoms with Crippen molar-refractivity contribution in [3.05, 3.63) is 0 Å². The van der Waals surface area contributed by atoms with Crippen LogP contribution in [0.3, 0.4) is 0 Å². The Morgan fingerprint density at radius 1 is 1.44 bits per heavy atom. The lowest BCUT2D eigenvalue weighted by atomic mass is 9.78. The lowest BCUT2D eigenvalue weighted by molar-refractivity contribution is -0.154. The van der Waals surface area contributed by atoms with Crippen molar-refractivity contribution in [2.75, 3.05) is 13.2 Å². The van der Waals surface area contributed by atoms with E-state index in [0.717, 1.165) is 0 Å².